The monoisotopic (exact) mass is 201 g/mol. The van der Waals surface area contributed by atoms with Crippen molar-refractivity contribution in [3.63, 3.8) is 0 Å². The number of aliphatic hydroxyl groups excluding tert-OH is 2. The van der Waals surface area contributed by atoms with Gasteiger partial charge in [0, 0.05) is 12.6 Å². The predicted molar refractivity (Wildman–Crippen MR) is 57.1 cm³/mol. The summed E-state index contributed by atoms with van der Waals surface area (Å²) in [6.45, 7) is 3.31. The summed E-state index contributed by atoms with van der Waals surface area (Å²) in [5, 5.41) is 21.7. The molecule has 0 heterocycles. The van der Waals surface area contributed by atoms with Gasteiger partial charge >= 0.3 is 0 Å². The molecule has 0 aromatic heterocycles. The Bertz CT molecular complexity index is 152. The van der Waals surface area contributed by atoms with Crippen LogP contribution in [0.15, 0.2) is 0 Å². The standard InChI is InChI=1S/C11H23NO2/c1-9(8-13)4-3-7-12-10-5-2-6-11(10)14/h9-14H,2-8H2,1H3/t9?,10-,11-/m1/s1. The van der Waals surface area contributed by atoms with E-state index in [1.165, 1.54) is 0 Å². The first-order valence-corrected chi connectivity index (χ1v) is 5.76. The van der Waals surface area contributed by atoms with Crippen molar-refractivity contribution in [2.45, 2.75) is 51.2 Å². The number of rotatable bonds is 6. The lowest BCUT2D eigenvalue weighted by atomic mass is 10.1. The van der Waals surface area contributed by atoms with Crippen LogP contribution in [0.25, 0.3) is 0 Å². The van der Waals surface area contributed by atoms with Gasteiger partial charge in [0.05, 0.1) is 6.10 Å². The molecule has 14 heavy (non-hydrogen) atoms. The molecule has 0 amide bonds. The van der Waals surface area contributed by atoms with Crippen molar-refractivity contribution in [1.82, 2.24) is 5.32 Å². The van der Waals surface area contributed by atoms with Crippen LogP contribution in [0.4, 0.5) is 0 Å². The zero-order valence-corrected chi connectivity index (χ0v) is 9.08. The lowest BCUT2D eigenvalue weighted by Gasteiger charge is -2.16. The molecule has 0 spiro atoms. The molecule has 0 saturated heterocycles. The van der Waals surface area contributed by atoms with E-state index < -0.39 is 0 Å². The van der Waals surface area contributed by atoms with E-state index in [2.05, 4.69) is 12.2 Å². The van der Waals surface area contributed by atoms with Crippen LogP contribution in [0.2, 0.25) is 0 Å². The molecule has 0 radical (unpaired) electrons. The van der Waals surface area contributed by atoms with Crippen molar-refractivity contribution in [1.29, 1.82) is 0 Å². The highest BCUT2D eigenvalue weighted by Gasteiger charge is 2.23. The topological polar surface area (TPSA) is 52.5 Å². The van der Waals surface area contributed by atoms with Gasteiger partial charge < -0.3 is 15.5 Å². The van der Waals surface area contributed by atoms with Crippen LogP contribution in [0.5, 0.6) is 0 Å². The van der Waals surface area contributed by atoms with Gasteiger partial charge in [0.25, 0.3) is 0 Å². The molecule has 1 aliphatic carbocycles. The predicted octanol–water partition coefficient (Wildman–Crippen LogP) is 0.898. The molecular weight excluding hydrogens is 178 g/mol. The molecule has 3 atom stereocenters. The van der Waals surface area contributed by atoms with Crippen molar-refractivity contribution >= 4 is 0 Å². The molecule has 1 rings (SSSR count). The van der Waals surface area contributed by atoms with Gasteiger partial charge in [-0.1, -0.05) is 6.92 Å². The summed E-state index contributed by atoms with van der Waals surface area (Å²) >= 11 is 0. The zero-order valence-electron chi connectivity index (χ0n) is 9.08. The summed E-state index contributed by atoms with van der Waals surface area (Å²) in [4.78, 5) is 0. The van der Waals surface area contributed by atoms with Gasteiger partial charge in [-0.15, -0.1) is 0 Å². The van der Waals surface area contributed by atoms with E-state index in [1.807, 2.05) is 0 Å². The Morgan fingerprint density at radius 2 is 2.21 bits per heavy atom. The van der Waals surface area contributed by atoms with Crippen molar-refractivity contribution < 1.29 is 10.2 Å². The average Bonchev–Trinajstić information content (AvgIpc) is 2.58. The van der Waals surface area contributed by atoms with E-state index >= 15 is 0 Å². The first-order chi connectivity index (χ1) is 6.74. The van der Waals surface area contributed by atoms with Crippen molar-refractivity contribution in [3.05, 3.63) is 0 Å². The van der Waals surface area contributed by atoms with Crippen molar-refractivity contribution in [3.8, 4) is 0 Å². The Balaban J connectivity index is 1.98. The van der Waals surface area contributed by atoms with Crippen LogP contribution >= 0.6 is 0 Å². The first kappa shape index (κ1) is 12.0. The van der Waals surface area contributed by atoms with Gasteiger partial charge in [0.2, 0.25) is 0 Å². The van der Waals surface area contributed by atoms with Crippen LogP contribution in [-0.4, -0.2) is 35.5 Å². The summed E-state index contributed by atoms with van der Waals surface area (Å²) in [7, 11) is 0. The van der Waals surface area contributed by atoms with E-state index in [1.54, 1.807) is 0 Å². The third-order valence-corrected chi connectivity index (χ3v) is 3.07. The van der Waals surface area contributed by atoms with Gasteiger partial charge in [0.1, 0.15) is 0 Å². The van der Waals surface area contributed by atoms with Crippen LogP contribution in [0.3, 0.4) is 0 Å². The molecule has 3 heteroatoms. The van der Waals surface area contributed by atoms with Crippen molar-refractivity contribution in [2.24, 2.45) is 5.92 Å². The molecule has 0 aliphatic heterocycles. The molecule has 3 nitrogen and oxygen atoms in total. The molecule has 84 valence electrons. The van der Waals surface area contributed by atoms with Gasteiger partial charge in [-0.2, -0.15) is 0 Å². The lowest BCUT2D eigenvalue weighted by Crippen LogP contribution is -2.36. The number of hydrogen-bond acceptors (Lipinski definition) is 3. The molecule has 0 aromatic rings. The van der Waals surface area contributed by atoms with E-state index in [-0.39, 0.29) is 12.7 Å². The van der Waals surface area contributed by atoms with Crippen LogP contribution in [0, 0.1) is 5.92 Å². The van der Waals surface area contributed by atoms with Crippen LogP contribution < -0.4 is 5.32 Å². The smallest absolute Gasteiger partial charge is 0.0693 e. The molecule has 0 bridgehead atoms. The molecular formula is C11H23NO2. The Morgan fingerprint density at radius 1 is 1.43 bits per heavy atom. The normalized spacial score (nSPS) is 29.4. The summed E-state index contributed by atoms with van der Waals surface area (Å²) in [6, 6.07) is 0.319. The zero-order chi connectivity index (χ0) is 10.4. The summed E-state index contributed by atoms with van der Waals surface area (Å²) in [5.41, 5.74) is 0. The van der Waals surface area contributed by atoms with E-state index in [0.29, 0.717) is 12.0 Å². The highest BCUT2D eigenvalue weighted by atomic mass is 16.3. The Hall–Kier alpha value is -0.120. The molecule has 1 saturated carbocycles. The Kier molecular flexibility index (Phi) is 5.45. The maximum absolute atomic E-state index is 9.54. The minimum atomic E-state index is -0.134. The van der Waals surface area contributed by atoms with Gasteiger partial charge in [-0.3, -0.25) is 0 Å². The maximum Gasteiger partial charge on any atom is 0.0693 e. The Morgan fingerprint density at radius 3 is 2.79 bits per heavy atom. The lowest BCUT2D eigenvalue weighted by molar-refractivity contribution is 0.148. The maximum atomic E-state index is 9.54. The van der Waals surface area contributed by atoms with Crippen molar-refractivity contribution in [2.75, 3.05) is 13.2 Å². The molecule has 0 aromatic carbocycles. The minimum absolute atomic E-state index is 0.134. The summed E-state index contributed by atoms with van der Waals surface area (Å²) in [5.74, 6) is 0.408. The van der Waals surface area contributed by atoms with Crippen LogP contribution in [0.1, 0.15) is 39.0 Å². The number of hydrogen-bond donors (Lipinski definition) is 3. The van der Waals surface area contributed by atoms with Gasteiger partial charge in [-0.25, -0.2) is 0 Å². The second-order valence-electron chi connectivity index (χ2n) is 4.49. The fourth-order valence-electron chi connectivity index (χ4n) is 2.01. The number of nitrogens with one attached hydrogen (secondary N) is 1. The Labute approximate surface area is 86.5 Å². The third-order valence-electron chi connectivity index (χ3n) is 3.07. The van der Waals surface area contributed by atoms with E-state index in [9.17, 15) is 5.11 Å². The molecule has 1 aliphatic rings. The number of aliphatic hydroxyl groups is 2. The second-order valence-corrected chi connectivity index (χ2v) is 4.49. The fraction of sp³-hybridized carbons (Fsp3) is 1.00. The highest BCUT2D eigenvalue weighted by molar-refractivity contribution is 4.82. The van der Waals surface area contributed by atoms with Crippen LogP contribution in [-0.2, 0) is 0 Å². The first-order valence-electron chi connectivity index (χ1n) is 5.76. The minimum Gasteiger partial charge on any atom is -0.396 e. The SMILES string of the molecule is CC(CO)CCCN[C@@H]1CCC[C@H]1O. The second kappa shape index (κ2) is 6.38. The highest BCUT2D eigenvalue weighted by Crippen LogP contribution is 2.18. The third kappa shape index (κ3) is 3.95. The van der Waals surface area contributed by atoms with Gasteiger partial charge in [0.15, 0.2) is 0 Å². The quantitative estimate of drug-likeness (QED) is 0.560. The largest absolute Gasteiger partial charge is 0.396 e. The molecule has 3 N–H and O–H groups in total. The fourth-order valence-corrected chi connectivity index (χ4v) is 2.01. The van der Waals surface area contributed by atoms with E-state index in [4.69, 9.17) is 5.11 Å². The summed E-state index contributed by atoms with van der Waals surface area (Å²) in [6.07, 6.45) is 5.22. The van der Waals surface area contributed by atoms with E-state index in [0.717, 1.165) is 38.6 Å². The van der Waals surface area contributed by atoms with Gasteiger partial charge in [-0.05, 0) is 44.6 Å². The summed E-state index contributed by atoms with van der Waals surface area (Å²) < 4.78 is 0. The molecule has 1 unspecified atom stereocenters. The average molecular weight is 201 g/mol. The molecule has 1 fully saturated rings.